The maximum atomic E-state index is 12.9. The second kappa shape index (κ2) is 10.5. The summed E-state index contributed by atoms with van der Waals surface area (Å²) in [5.41, 5.74) is 2.35. The molecule has 1 aromatic rings. The Bertz CT molecular complexity index is 708. The highest BCUT2D eigenvalue weighted by Crippen LogP contribution is 2.39. The topological polar surface area (TPSA) is 57.6 Å². The van der Waals surface area contributed by atoms with Gasteiger partial charge in [0.2, 0.25) is 5.91 Å². The number of aryl methyl sites for hydroxylation is 1. The van der Waals surface area contributed by atoms with Crippen molar-refractivity contribution in [2.45, 2.75) is 96.4 Å². The van der Waals surface area contributed by atoms with Crippen LogP contribution in [-0.2, 0) is 9.59 Å². The fourth-order valence-electron chi connectivity index (χ4n) is 5.56. The van der Waals surface area contributed by atoms with E-state index in [4.69, 9.17) is 0 Å². The lowest BCUT2D eigenvalue weighted by Gasteiger charge is -2.36. The normalized spacial score (nSPS) is 26.9. The van der Waals surface area contributed by atoms with Crippen LogP contribution in [0.2, 0.25) is 0 Å². The van der Waals surface area contributed by atoms with Crippen molar-refractivity contribution in [1.29, 1.82) is 0 Å². The van der Waals surface area contributed by atoms with Crippen LogP contribution in [0.1, 0.15) is 94.6 Å². The number of rotatable bonds is 7. The van der Waals surface area contributed by atoms with Crippen LogP contribution in [-0.4, -0.2) is 34.8 Å². The largest absolute Gasteiger partial charge is 0.508 e. The maximum Gasteiger partial charge on any atom is 0.222 e. The molecule has 4 heteroatoms. The average Bonchev–Trinajstić information content (AvgIpc) is 2.73. The number of carbonyl (C=O) groups is 2. The van der Waals surface area contributed by atoms with Gasteiger partial charge in [0.1, 0.15) is 11.5 Å². The first-order chi connectivity index (χ1) is 14.4. The minimum Gasteiger partial charge on any atom is -0.508 e. The van der Waals surface area contributed by atoms with E-state index in [-0.39, 0.29) is 11.8 Å². The molecule has 2 saturated carbocycles. The van der Waals surface area contributed by atoms with E-state index < -0.39 is 0 Å². The molecule has 0 atom stereocenters. The van der Waals surface area contributed by atoms with Gasteiger partial charge in [-0.05, 0) is 99.8 Å². The van der Waals surface area contributed by atoms with E-state index in [2.05, 4.69) is 13.0 Å². The number of hydrogen-bond donors (Lipinski definition) is 1. The molecule has 4 nitrogen and oxygen atoms in total. The van der Waals surface area contributed by atoms with E-state index in [1.165, 1.54) is 5.56 Å². The average molecular weight is 414 g/mol. The van der Waals surface area contributed by atoms with E-state index in [0.29, 0.717) is 42.3 Å². The summed E-state index contributed by atoms with van der Waals surface area (Å²) in [4.78, 5) is 27.0. The summed E-state index contributed by atoms with van der Waals surface area (Å²) in [5.74, 6) is 2.24. The summed E-state index contributed by atoms with van der Waals surface area (Å²) in [6.07, 6.45) is 10.4. The van der Waals surface area contributed by atoms with Gasteiger partial charge in [-0.1, -0.05) is 13.0 Å². The standard InChI is InChI=1S/C26H39NO3/c1-4-5-25(29)21-10-12-23(13-11-21)27(3)26(30)16-19-6-8-20(9-7-19)22-14-18(2)15-24(28)17-22/h14-15,17,19-21,23,28H,4-13,16H2,1-3H3. The SMILES string of the molecule is CCCC(=O)C1CCC(N(C)C(=O)CC2CCC(c3cc(C)cc(O)c3)CC2)CC1. The fraction of sp³-hybridized carbons (Fsp3) is 0.692. The fourth-order valence-corrected chi connectivity index (χ4v) is 5.56. The zero-order chi connectivity index (χ0) is 21.7. The quantitative estimate of drug-likeness (QED) is 0.619. The van der Waals surface area contributed by atoms with Gasteiger partial charge >= 0.3 is 0 Å². The summed E-state index contributed by atoms with van der Waals surface area (Å²) in [6, 6.07) is 6.19. The minimum atomic E-state index is 0.223. The van der Waals surface area contributed by atoms with Crippen molar-refractivity contribution in [2.24, 2.45) is 11.8 Å². The van der Waals surface area contributed by atoms with Crippen LogP contribution in [0.15, 0.2) is 18.2 Å². The third-order valence-electron chi connectivity index (χ3n) is 7.46. The van der Waals surface area contributed by atoms with Gasteiger partial charge < -0.3 is 10.0 Å². The number of phenols is 1. The van der Waals surface area contributed by atoms with Gasteiger partial charge in [-0.15, -0.1) is 0 Å². The van der Waals surface area contributed by atoms with Gasteiger partial charge in [-0.2, -0.15) is 0 Å². The lowest BCUT2D eigenvalue weighted by molar-refractivity contribution is -0.134. The van der Waals surface area contributed by atoms with Crippen molar-refractivity contribution < 1.29 is 14.7 Å². The lowest BCUT2D eigenvalue weighted by atomic mass is 9.77. The second-order valence-electron chi connectivity index (χ2n) is 9.75. The Kier molecular flexibility index (Phi) is 7.96. The Labute approximate surface area is 182 Å². The molecule has 1 amide bonds. The van der Waals surface area contributed by atoms with Crippen LogP contribution in [0.25, 0.3) is 0 Å². The Morgan fingerprint density at radius 2 is 1.67 bits per heavy atom. The van der Waals surface area contributed by atoms with Gasteiger partial charge in [-0.3, -0.25) is 9.59 Å². The number of hydrogen-bond acceptors (Lipinski definition) is 3. The molecule has 0 bridgehead atoms. The molecule has 3 rings (SSSR count). The number of carbonyl (C=O) groups excluding carboxylic acids is 2. The molecule has 0 unspecified atom stereocenters. The Morgan fingerprint density at radius 1 is 1.00 bits per heavy atom. The van der Waals surface area contributed by atoms with Crippen molar-refractivity contribution in [2.75, 3.05) is 7.05 Å². The third kappa shape index (κ3) is 5.86. The molecule has 166 valence electrons. The maximum absolute atomic E-state index is 12.9. The van der Waals surface area contributed by atoms with Crippen LogP contribution in [0.4, 0.5) is 0 Å². The predicted octanol–water partition coefficient (Wildman–Crippen LogP) is 5.75. The molecule has 30 heavy (non-hydrogen) atoms. The zero-order valence-electron chi connectivity index (χ0n) is 19.0. The highest BCUT2D eigenvalue weighted by Gasteiger charge is 2.31. The minimum absolute atomic E-state index is 0.223. The van der Waals surface area contributed by atoms with Crippen molar-refractivity contribution in [3.63, 3.8) is 0 Å². The Morgan fingerprint density at radius 3 is 2.27 bits per heavy atom. The van der Waals surface area contributed by atoms with Gasteiger partial charge in [0, 0.05) is 31.8 Å². The molecule has 0 radical (unpaired) electrons. The van der Waals surface area contributed by atoms with Crippen LogP contribution < -0.4 is 0 Å². The number of benzene rings is 1. The molecule has 0 aromatic heterocycles. The molecular formula is C26H39NO3. The Balaban J connectivity index is 1.44. The third-order valence-corrected chi connectivity index (χ3v) is 7.46. The van der Waals surface area contributed by atoms with Crippen LogP contribution in [0.5, 0.6) is 5.75 Å². The smallest absolute Gasteiger partial charge is 0.222 e. The van der Waals surface area contributed by atoms with Crippen molar-refractivity contribution >= 4 is 11.7 Å². The van der Waals surface area contributed by atoms with Crippen molar-refractivity contribution in [3.05, 3.63) is 29.3 Å². The molecule has 1 N–H and O–H groups in total. The van der Waals surface area contributed by atoms with Crippen LogP contribution in [0, 0.1) is 18.8 Å². The molecule has 0 aliphatic heterocycles. The number of phenolic OH excluding ortho intramolecular Hbond substituents is 1. The summed E-state index contributed by atoms with van der Waals surface area (Å²) < 4.78 is 0. The van der Waals surface area contributed by atoms with Crippen LogP contribution >= 0.6 is 0 Å². The second-order valence-corrected chi connectivity index (χ2v) is 9.75. The van der Waals surface area contributed by atoms with E-state index in [1.54, 1.807) is 6.07 Å². The van der Waals surface area contributed by atoms with E-state index in [9.17, 15) is 14.7 Å². The van der Waals surface area contributed by atoms with E-state index in [0.717, 1.165) is 63.4 Å². The summed E-state index contributed by atoms with van der Waals surface area (Å²) >= 11 is 0. The molecule has 1 aromatic carbocycles. The number of ketones is 1. The highest BCUT2D eigenvalue weighted by molar-refractivity contribution is 5.81. The number of nitrogens with zero attached hydrogens (tertiary/aromatic N) is 1. The summed E-state index contributed by atoms with van der Waals surface area (Å²) in [7, 11) is 1.96. The van der Waals surface area contributed by atoms with Crippen molar-refractivity contribution in [1.82, 2.24) is 4.90 Å². The molecule has 2 fully saturated rings. The van der Waals surface area contributed by atoms with Crippen molar-refractivity contribution in [3.8, 4) is 5.75 Å². The number of aromatic hydroxyl groups is 1. The van der Waals surface area contributed by atoms with E-state index >= 15 is 0 Å². The first-order valence-corrected chi connectivity index (χ1v) is 12.0. The summed E-state index contributed by atoms with van der Waals surface area (Å²) in [6.45, 7) is 4.09. The lowest BCUT2D eigenvalue weighted by Crippen LogP contribution is -2.41. The molecule has 0 saturated heterocycles. The van der Waals surface area contributed by atoms with Gasteiger partial charge in [-0.25, -0.2) is 0 Å². The first kappa shape index (κ1) is 22.8. The van der Waals surface area contributed by atoms with Gasteiger partial charge in [0.25, 0.3) is 0 Å². The molecule has 0 spiro atoms. The first-order valence-electron chi connectivity index (χ1n) is 12.0. The summed E-state index contributed by atoms with van der Waals surface area (Å²) in [5, 5.41) is 9.88. The number of Topliss-reactive ketones (excluding diaryl/α,β-unsaturated/α-hetero) is 1. The van der Waals surface area contributed by atoms with Gasteiger partial charge in [0.15, 0.2) is 0 Å². The van der Waals surface area contributed by atoms with E-state index in [1.807, 2.05) is 24.9 Å². The predicted molar refractivity (Wildman–Crippen MR) is 121 cm³/mol. The Hall–Kier alpha value is -1.84. The number of amides is 1. The molecule has 2 aliphatic rings. The molecule has 2 aliphatic carbocycles. The monoisotopic (exact) mass is 413 g/mol. The highest BCUT2D eigenvalue weighted by atomic mass is 16.3. The molecule has 0 heterocycles. The zero-order valence-corrected chi connectivity index (χ0v) is 19.0. The van der Waals surface area contributed by atoms with Crippen LogP contribution in [0.3, 0.4) is 0 Å². The van der Waals surface area contributed by atoms with Gasteiger partial charge in [0.05, 0.1) is 0 Å². The molecular weight excluding hydrogens is 374 g/mol.